The van der Waals surface area contributed by atoms with Crippen LogP contribution in [0.25, 0.3) is 5.57 Å². The maximum Gasteiger partial charge on any atom is 0.247 e. The second-order valence-corrected chi connectivity index (χ2v) is 6.24. The van der Waals surface area contributed by atoms with Gasteiger partial charge >= 0.3 is 0 Å². The van der Waals surface area contributed by atoms with Gasteiger partial charge in [-0.05, 0) is 56.9 Å². The molecule has 0 N–H and O–H groups in total. The molecule has 0 spiro atoms. The summed E-state index contributed by atoms with van der Waals surface area (Å²) in [6, 6.07) is 8.24. The molecule has 1 fully saturated rings. The van der Waals surface area contributed by atoms with Crippen LogP contribution in [0.4, 0.5) is 0 Å². The maximum atomic E-state index is 12.8. The van der Waals surface area contributed by atoms with Gasteiger partial charge in [-0.15, -0.1) is 0 Å². The molecule has 1 saturated heterocycles. The van der Waals surface area contributed by atoms with Crippen molar-refractivity contribution < 1.29 is 14.3 Å². The van der Waals surface area contributed by atoms with Gasteiger partial charge in [0, 0.05) is 31.4 Å². The van der Waals surface area contributed by atoms with E-state index in [1.165, 1.54) is 0 Å². The molecule has 0 saturated carbocycles. The molecule has 1 aromatic carbocycles. The molecule has 0 unspecified atom stereocenters. The first-order valence-electron chi connectivity index (χ1n) is 8.25. The molecule has 0 atom stereocenters. The van der Waals surface area contributed by atoms with Crippen molar-refractivity contribution in [3.8, 4) is 5.75 Å². The van der Waals surface area contributed by atoms with Crippen LogP contribution in [0.3, 0.4) is 0 Å². The Morgan fingerprint density at radius 1 is 1.35 bits per heavy atom. The molecule has 4 heteroatoms. The van der Waals surface area contributed by atoms with Crippen molar-refractivity contribution in [3.05, 3.63) is 35.9 Å². The van der Waals surface area contributed by atoms with Gasteiger partial charge in [-0.1, -0.05) is 12.1 Å². The summed E-state index contributed by atoms with van der Waals surface area (Å²) in [5.74, 6) is 0.875. The fraction of sp³-hybridized carbons (Fsp3) is 0.526. The second-order valence-electron chi connectivity index (χ2n) is 6.24. The molecule has 1 heterocycles. The summed E-state index contributed by atoms with van der Waals surface area (Å²) < 4.78 is 10.7. The Morgan fingerprint density at radius 2 is 2.04 bits per heavy atom. The lowest BCUT2D eigenvalue weighted by Gasteiger charge is -2.36. The zero-order chi connectivity index (χ0) is 16.8. The molecule has 0 bridgehead atoms. The highest BCUT2D eigenvalue weighted by molar-refractivity contribution is 5.95. The number of amides is 1. The van der Waals surface area contributed by atoms with E-state index in [0.29, 0.717) is 0 Å². The Morgan fingerprint density at radius 3 is 2.65 bits per heavy atom. The highest BCUT2D eigenvalue weighted by Gasteiger charge is 2.26. The maximum absolute atomic E-state index is 12.8. The number of rotatable bonds is 5. The average Bonchev–Trinajstić information content (AvgIpc) is 2.55. The predicted molar refractivity (Wildman–Crippen MR) is 92.5 cm³/mol. The number of hydrogen-bond acceptors (Lipinski definition) is 3. The van der Waals surface area contributed by atoms with Gasteiger partial charge < -0.3 is 14.4 Å². The van der Waals surface area contributed by atoms with E-state index in [-0.39, 0.29) is 18.0 Å². The van der Waals surface area contributed by atoms with E-state index in [2.05, 4.69) is 13.8 Å². The Bertz CT molecular complexity index is 559. The molecule has 1 aliphatic heterocycles. The molecule has 0 aliphatic carbocycles. The number of carbonyl (C=O) groups is 1. The fourth-order valence-corrected chi connectivity index (χ4v) is 3.03. The molecular weight excluding hydrogens is 290 g/mol. The summed E-state index contributed by atoms with van der Waals surface area (Å²) in [7, 11) is 1.65. The highest BCUT2D eigenvalue weighted by atomic mass is 16.5. The van der Waals surface area contributed by atoms with Gasteiger partial charge in [0.1, 0.15) is 5.75 Å². The Hall–Kier alpha value is -1.81. The molecule has 1 amide bonds. The number of ether oxygens (including phenoxy) is 2. The minimum atomic E-state index is 0.0761. The van der Waals surface area contributed by atoms with Gasteiger partial charge in [-0.25, -0.2) is 0 Å². The third-order valence-corrected chi connectivity index (χ3v) is 4.26. The molecule has 0 aromatic heterocycles. The lowest BCUT2D eigenvalue weighted by molar-refractivity contribution is -0.132. The van der Waals surface area contributed by atoms with Gasteiger partial charge in [0.2, 0.25) is 5.91 Å². The molecule has 1 aliphatic rings. The summed E-state index contributed by atoms with van der Waals surface area (Å²) in [5, 5.41) is 0. The van der Waals surface area contributed by atoms with Crippen molar-refractivity contribution in [2.24, 2.45) is 0 Å². The molecule has 2 rings (SSSR count). The van der Waals surface area contributed by atoms with Crippen molar-refractivity contribution in [2.75, 3.05) is 20.3 Å². The smallest absolute Gasteiger partial charge is 0.247 e. The van der Waals surface area contributed by atoms with Gasteiger partial charge in [0.05, 0.1) is 7.11 Å². The van der Waals surface area contributed by atoms with Crippen LogP contribution in [0.2, 0.25) is 0 Å². The van der Waals surface area contributed by atoms with Crippen LogP contribution in [0.15, 0.2) is 30.3 Å². The van der Waals surface area contributed by atoms with Gasteiger partial charge in [0.15, 0.2) is 0 Å². The molecular formula is C19H27NO3. The quantitative estimate of drug-likeness (QED) is 0.780. The van der Waals surface area contributed by atoms with Crippen LogP contribution in [-0.4, -0.2) is 43.2 Å². The van der Waals surface area contributed by atoms with Crippen LogP contribution in [0.5, 0.6) is 5.75 Å². The summed E-state index contributed by atoms with van der Waals surface area (Å²) >= 11 is 0. The lowest BCUT2D eigenvalue weighted by Crippen LogP contribution is -2.46. The van der Waals surface area contributed by atoms with E-state index >= 15 is 0 Å². The predicted octanol–water partition coefficient (Wildman–Crippen LogP) is 3.51. The fourth-order valence-electron chi connectivity index (χ4n) is 3.03. The van der Waals surface area contributed by atoms with Crippen LogP contribution in [0.1, 0.15) is 39.2 Å². The normalized spacial score (nSPS) is 16.5. The summed E-state index contributed by atoms with van der Waals surface area (Å²) in [6.07, 6.45) is 3.57. The Balaban J connectivity index is 2.18. The van der Waals surface area contributed by atoms with Crippen LogP contribution < -0.4 is 4.74 Å². The molecule has 126 valence electrons. The van der Waals surface area contributed by atoms with Crippen molar-refractivity contribution in [1.29, 1.82) is 0 Å². The van der Waals surface area contributed by atoms with Crippen molar-refractivity contribution in [2.45, 2.75) is 45.7 Å². The summed E-state index contributed by atoms with van der Waals surface area (Å²) in [5.41, 5.74) is 1.96. The van der Waals surface area contributed by atoms with Gasteiger partial charge in [-0.3, -0.25) is 4.79 Å². The number of hydrogen-bond donors (Lipinski definition) is 0. The lowest BCUT2D eigenvalue weighted by atomic mass is 10.0. The standard InChI is InChI=1S/C19H27NO3/c1-14(2)20(17-8-10-23-11-9-17)19(21)12-15(3)16-6-5-7-18(13-16)22-4/h5-7,12-14,17H,8-11H2,1-4H3/b15-12+. The van der Waals surface area contributed by atoms with E-state index in [1.807, 2.05) is 36.1 Å². The van der Waals surface area contributed by atoms with Crippen LogP contribution in [-0.2, 0) is 9.53 Å². The van der Waals surface area contributed by atoms with Gasteiger partial charge in [-0.2, -0.15) is 0 Å². The minimum absolute atomic E-state index is 0.0761. The monoisotopic (exact) mass is 317 g/mol. The van der Waals surface area contributed by atoms with Crippen LogP contribution >= 0.6 is 0 Å². The highest BCUT2D eigenvalue weighted by Crippen LogP contribution is 2.22. The van der Waals surface area contributed by atoms with Crippen molar-refractivity contribution in [3.63, 3.8) is 0 Å². The van der Waals surface area contributed by atoms with Crippen molar-refractivity contribution in [1.82, 2.24) is 4.90 Å². The zero-order valence-corrected chi connectivity index (χ0v) is 14.5. The zero-order valence-electron chi connectivity index (χ0n) is 14.5. The first-order chi connectivity index (χ1) is 11.0. The SMILES string of the molecule is COc1cccc(/C(C)=C/C(=O)N(C(C)C)C2CCOCC2)c1. The largest absolute Gasteiger partial charge is 0.497 e. The first kappa shape index (κ1) is 17.5. The first-order valence-corrected chi connectivity index (χ1v) is 8.25. The van der Waals surface area contributed by atoms with E-state index in [9.17, 15) is 4.79 Å². The van der Waals surface area contributed by atoms with E-state index in [4.69, 9.17) is 9.47 Å². The third kappa shape index (κ3) is 4.58. The average molecular weight is 317 g/mol. The van der Waals surface area contributed by atoms with E-state index < -0.39 is 0 Å². The van der Waals surface area contributed by atoms with E-state index in [0.717, 1.165) is 42.9 Å². The topological polar surface area (TPSA) is 38.8 Å². The number of allylic oxidation sites excluding steroid dienone is 1. The molecule has 23 heavy (non-hydrogen) atoms. The Kier molecular flexibility index (Phi) is 6.22. The minimum Gasteiger partial charge on any atom is -0.497 e. The third-order valence-electron chi connectivity index (χ3n) is 4.26. The van der Waals surface area contributed by atoms with E-state index in [1.54, 1.807) is 13.2 Å². The van der Waals surface area contributed by atoms with Crippen LogP contribution in [0, 0.1) is 0 Å². The van der Waals surface area contributed by atoms with Gasteiger partial charge in [0.25, 0.3) is 0 Å². The number of carbonyl (C=O) groups excluding carboxylic acids is 1. The molecule has 1 aromatic rings. The number of benzene rings is 1. The molecule has 4 nitrogen and oxygen atoms in total. The second kappa shape index (κ2) is 8.16. The summed E-state index contributed by atoms with van der Waals surface area (Å²) in [4.78, 5) is 14.8. The summed E-state index contributed by atoms with van der Waals surface area (Å²) in [6.45, 7) is 7.58. The Labute approximate surface area is 139 Å². The number of methoxy groups -OCH3 is 1. The van der Waals surface area contributed by atoms with Crippen molar-refractivity contribution >= 4 is 11.5 Å². The molecule has 0 radical (unpaired) electrons. The number of nitrogens with zero attached hydrogens (tertiary/aromatic N) is 1.